The first-order chi connectivity index (χ1) is 2.71. The first-order valence-electron chi connectivity index (χ1n) is 1.37. The lowest BCUT2D eigenvalue weighted by molar-refractivity contribution is -1.15. The summed E-state index contributed by atoms with van der Waals surface area (Å²) >= 11 is 0. The maximum atomic E-state index is 4.99. The van der Waals surface area contributed by atoms with Crippen molar-refractivity contribution < 1.29 is 9.86 Å². The average molecular weight is 92.1 g/mol. The molecule has 1 aliphatic heterocycles. The first kappa shape index (κ1) is 3.93. The van der Waals surface area contributed by atoms with Crippen molar-refractivity contribution >= 4 is 0 Å². The van der Waals surface area contributed by atoms with Crippen molar-refractivity contribution in [1.29, 1.82) is 0 Å². The summed E-state index contributed by atoms with van der Waals surface area (Å²) in [5.74, 6) is 9.98. The Bertz CT molecular complexity index is 51.0. The maximum Gasteiger partial charge on any atom is 0.0450 e. The number of nitrogens with two attached hydrogens (primary N) is 2. The quantitative estimate of drug-likeness (QED) is 0.195. The van der Waals surface area contributed by atoms with Crippen LogP contribution in [0.15, 0.2) is 0 Å². The second kappa shape index (κ2) is 0.877. The Morgan fingerprint density at radius 3 is 1.67 bits per heavy atom. The molecule has 36 valence electrons. The molecule has 6 nitrogen and oxygen atoms in total. The fourth-order valence-corrected chi connectivity index (χ4v) is 0.151. The molecule has 1 aliphatic rings. The van der Waals surface area contributed by atoms with Crippen LogP contribution in [-0.4, -0.2) is 4.92 Å². The summed E-state index contributed by atoms with van der Waals surface area (Å²) in [4.78, 5) is 3.69. The van der Waals surface area contributed by atoms with Crippen LogP contribution in [0.4, 0.5) is 0 Å². The first-order valence-corrected chi connectivity index (χ1v) is 1.37. The van der Waals surface area contributed by atoms with Crippen molar-refractivity contribution in [2.75, 3.05) is 0 Å². The molecule has 0 unspecified atom stereocenters. The number of hydrogen-bond acceptors (Lipinski definition) is 5. The van der Waals surface area contributed by atoms with Crippen LogP contribution in [0.2, 0.25) is 0 Å². The van der Waals surface area contributed by atoms with Crippen molar-refractivity contribution in [3.05, 3.63) is 0 Å². The van der Waals surface area contributed by atoms with E-state index < -0.39 is 4.92 Å². The molecule has 0 radical (unpaired) electrons. The van der Waals surface area contributed by atoms with Gasteiger partial charge >= 0.3 is 0 Å². The van der Waals surface area contributed by atoms with Gasteiger partial charge in [0.05, 0.1) is 0 Å². The summed E-state index contributed by atoms with van der Waals surface area (Å²) in [5, 5.41) is 0. The third kappa shape index (κ3) is 0.476. The van der Waals surface area contributed by atoms with Crippen LogP contribution in [0.1, 0.15) is 0 Å². The van der Waals surface area contributed by atoms with Crippen LogP contribution < -0.4 is 22.9 Å². The number of rotatable bonds is 0. The monoisotopic (exact) mass is 92.1 g/mol. The molecule has 0 atom stereocenters. The Balaban J connectivity index is 2.31. The van der Waals surface area contributed by atoms with Crippen LogP contribution in [0.25, 0.3) is 0 Å². The van der Waals surface area contributed by atoms with Crippen molar-refractivity contribution in [1.82, 2.24) is 11.2 Å². The van der Waals surface area contributed by atoms with Gasteiger partial charge in [-0.15, -0.1) is 16.6 Å². The molecule has 0 bridgehead atoms. The van der Waals surface area contributed by atoms with Crippen LogP contribution in [0, 0.1) is 0 Å². The fourth-order valence-electron chi connectivity index (χ4n) is 0.151. The van der Waals surface area contributed by atoms with E-state index in [1.807, 2.05) is 0 Å². The van der Waals surface area contributed by atoms with Crippen LogP contribution in [-0.2, 0) is 4.94 Å². The number of nitrogens with zero attached hydrogens (tertiary/aromatic N) is 1. The smallest absolute Gasteiger partial charge is 0.0450 e. The lowest BCUT2D eigenvalue weighted by Gasteiger charge is -2.29. The molecule has 1 rings (SSSR count). The Morgan fingerprint density at radius 1 is 1.33 bits per heavy atom. The van der Waals surface area contributed by atoms with Crippen molar-refractivity contribution in [3.63, 3.8) is 0 Å². The Hall–Kier alpha value is -0.240. The van der Waals surface area contributed by atoms with Gasteiger partial charge in [0, 0.05) is 16.1 Å². The standard InChI is InChI=1S/H6N5O/c1-5(2)3-6-4-5/h3-4H,1-2H2/q+1. The number of quaternary nitrogens is 1. The minimum atomic E-state index is -0.472. The summed E-state index contributed by atoms with van der Waals surface area (Å²) in [6.45, 7) is 0. The molecular weight excluding hydrogens is 86.0 g/mol. The molecule has 0 saturated carbocycles. The van der Waals surface area contributed by atoms with Gasteiger partial charge in [-0.3, -0.25) is 0 Å². The largest absolute Gasteiger partial charge is 0.117 e. The Labute approximate surface area is 34.0 Å². The molecule has 0 spiro atoms. The van der Waals surface area contributed by atoms with Gasteiger partial charge in [-0.2, -0.15) is 0 Å². The zero-order chi connectivity index (χ0) is 4.62. The predicted molar refractivity (Wildman–Crippen MR) is 16.0 cm³/mol. The topological polar surface area (TPSA) is 85.3 Å². The highest BCUT2D eigenvalue weighted by Gasteiger charge is 2.29. The van der Waals surface area contributed by atoms with E-state index >= 15 is 0 Å². The fraction of sp³-hybridized carbons (Fsp3) is 0. The van der Waals surface area contributed by atoms with E-state index in [0.29, 0.717) is 0 Å². The molecule has 6 heavy (non-hydrogen) atoms. The molecule has 1 heterocycles. The summed E-state index contributed by atoms with van der Waals surface area (Å²) in [6, 6.07) is 0. The summed E-state index contributed by atoms with van der Waals surface area (Å²) < 4.78 is 0. The average Bonchev–Trinajstić information content (AvgIpc) is 1.32. The molecule has 0 aromatic carbocycles. The minimum absolute atomic E-state index is 0.472. The Kier molecular flexibility index (Phi) is 0.575. The molecule has 1 fully saturated rings. The van der Waals surface area contributed by atoms with E-state index in [9.17, 15) is 0 Å². The highest BCUT2D eigenvalue weighted by atomic mass is 17.0. The van der Waals surface area contributed by atoms with E-state index in [1.165, 1.54) is 0 Å². The zero-order valence-electron chi connectivity index (χ0n) is 3.01. The van der Waals surface area contributed by atoms with Gasteiger partial charge in [0.25, 0.3) is 0 Å². The van der Waals surface area contributed by atoms with E-state index in [2.05, 4.69) is 16.1 Å². The normalized spacial score (nSPS) is 29.0. The molecule has 0 aromatic heterocycles. The van der Waals surface area contributed by atoms with Gasteiger partial charge in [0.2, 0.25) is 0 Å². The highest BCUT2D eigenvalue weighted by molar-refractivity contribution is 3.80. The van der Waals surface area contributed by atoms with Crippen LogP contribution in [0.5, 0.6) is 0 Å². The van der Waals surface area contributed by atoms with E-state index in [1.54, 1.807) is 0 Å². The SMILES string of the molecule is N[N+]1(N)NON1. The van der Waals surface area contributed by atoms with Crippen molar-refractivity contribution in [3.8, 4) is 0 Å². The van der Waals surface area contributed by atoms with Crippen LogP contribution in [0.3, 0.4) is 0 Å². The summed E-state index contributed by atoms with van der Waals surface area (Å²) in [6.07, 6.45) is 0. The highest BCUT2D eigenvalue weighted by Crippen LogP contribution is 1.79. The number of hydrogen-bond donors (Lipinski definition) is 4. The van der Waals surface area contributed by atoms with Gasteiger partial charge in [-0.1, -0.05) is 0 Å². The van der Waals surface area contributed by atoms with Gasteiger partial charge in [-0.25, -0.2) is 0 Å². The van der Waals surface area contributed by atoms with Crippen molar-refractivity contribution in [2.45, 2.75) is 0 Å². The molecule has 6 N–H and O–H groups in total. The lowest BCUT2D eigenvalue weighted by atomic mass is 11.9. The predicted octanol–water partition coefficient (Wildman–Crippen LogP) is -2.58. The van der Waals surface area contributed by atoms with Gasteiger partial charge in [0.1, 0.15) is 0 Å². The van der Waals surface area contributed by atoms with Crippen molar-refractivity contribution in [2.24, 2.45) is 11.7 Å². The summed E-state index contributed by atoms with van der Waals surface area (Å²) in [7, 11) is 0. The second-order valence-corrected chi connectivity index (χ2v) is 1.06. The number of nitrogens with one attached hydrogen (secondary N) is 2. The molecule has 6 heteroatoms. The second-order valence-electron chi connectivity index (χ2n) is 1.06. The molecule has 0 aliphatic carbocycles. The van der Waals surface area contributed by atoms with Gasteiger partial charge in [0.15, 0.2) is 0 Å². The maximum absolute atomic E-state index is 4.99. The third-order valence-corrected chi connectivity index (χ3v) is 0.393. The third-order valence-electron chi connectivity index (χ3n) is 0.393. The van der Waals surface area contributed by atoms with E-state index in [4.69, 9.17) is 11.7 Å². The Morgan fingerprint density at radius 2 is 1.67 bits per heavy atom. The van der Waals surface area contributed by atoms with Gasteiger partial charge in [-0.05, 0) is 0 Å². The summed E-state index contributed by atoms with van der Waals surface area (Å²) in [5.41, 5.74) is 4.33. The van der Waals surface area contributed by atoms with E-state index in [-0.39, 0.29) is 0 Å². The molecular formula is H6N5O+. The van der Waals surface area contributed by atoms with Gasteiger partial charge < -0.3 is 0 Å². The molecule has 1 saturated heterocycles. The van der Waals surface area contributed by atoms with E-state index in [0.717, 1.165) is 0 Å². The minimum Gasteiger partial charge on any atom is -0.117 e. The lowest BCUT2D eigenvalue weighted by Crippen LogP contribution is -2.84. The molecule has 0 aromatic rings. The zero-order valence-corrected chi connectivity index (χ0v) is 3.01. The molecule has 0 amide bonds. The van der Waals surface area contributed by atoms with Crippen LogP contribution >= 0.6 is 0 Å².